The fraction of sp³-hybridized carbons (Fsp3) is 0.481. The predicted octanol–water partition coefficient (Wildman–Crippen LogP) is 6.44. The van der Waals surface area contributed by atoms with E-state index in [2.05, 4.69) is 11.8 Å². The highest BCUT2D eigenvalue weighted by Crippen LogP contribution is 2.27. The van der Waals surface area contributed by atoms with Gasteiger partial charge in [0.2, 0.25) is 0 Å². The molecule has 0 amide bonds. The van der Waals surface area contributed by atoms with Crippen LogP contribution in [0, 0.1) is 5.92 Å². The van der Waals surface area contributed by atoms with Crippen LogP contribution in [0.3, 0.4) is 0 Å². The Morgan fingerprint density at radius 1 is 1.09 bits per heavy atom. The summed E-state index contributed by atoms with van der Waals surface area (Å²) in [7, 11) is 0. The molecule has 1 aliphatic heterocycles. The number of nitrogens with zero attached hydrogens (tertiary/aromatic N) is 1. The van der Waals surface area contributed by atoms with Crippen molar-refractivity contribution in [3.05, 3.63) is 63.6 Å². The molecule has 1 saturated heterocycles. The average molecular weight is 506 g/mol. The molecule has 0 unspecified atom stereocenters. The summed E-state index contributed by atoms with van der Waals surface area (Å²) in [5.41, 5.74) is 0.979. The van der Waals surface area contributed by atoms with Crippen molar-refractivity contribution in [1.29, 1.82) is 0 Å². The molecule has 0 aromatic heterocycles. The summed E-state index contributed by atoms with van der Waals surface area (Å²) >= 11 is 12.3. The Labute approximate surface area is 212 Å². The van der Waals surface area contributed by atoms with Gasteiger partial charge in [-0.25, -0.2) is 0 Å². The zero-order valence-electron chi connectivity index (χ0n) is 19.9. The van der Waals surface area contributed by atoms with Gasteiger partial charge in [-0.1, -0.05) is 36.5 Å². The molecule has 0 bridgehead atoms. The lowest BCUT2D eigenvalue weighted by atomic mass is 9.97. The number of ether oxygens (including phenoxy) is 2. The van der Waals surface area contributed by atoms with Crippen molar-refractivity contribution < 1.29 is 19.1 Å². The van der Waals surface area contributed by atoms with Gasteiger partial charge in [-0.15, -0.1) is 0 Å². The lowest BCUT2D eigenvalue weighted by Gasteiger charge is -2.34. The van der Waals surface area contributed by atoms with E-state index < -0.39 is 0 Å². The maximum absolute atomic E-state index is 12.7. The van der Waals surface area contributed by atoms with E-state index in [0.29, 0.717) is 39.4 Å². The van der Waals surface area contributed by atoms with Crippen LogP contribution in [0.2, 0.25) is 10.0 Å². The van der Waals surface area contributed by atoms with Gasteiger partial charge in [0.05, 0.1) is 11.6 Å². The summed E-state index contributed by atoms with van der Waals surface area (Å²) in [6.07, 6.45) is 5.10. The normalized spacial score (nSPS) is 15.6. The second kappa shape index (κ2) is 13.1. The van der Waals surface area contributed by atoms with Gasteiger partial charge in [0.15, 0.2) is 5.78 Å². The molecule has 2 aromatic carbocycles. The van der Waals surface area contributed by atoms with Gasteiger partial charge >= 0.3 is 5.97 Å². The Morgan fingerprint density at radius 3 is 2.41 bits per heavy atom. The third-order valence-electron chi connectivity index (χ3n) is 6.16. The Hall–Kier alpha value is -2.08. The van der Waals surface area contributed by atoms with Crippen LogP contribution < -0.4 is 4.74 Å². The molecule has 0 aliphatic carbocycles. The number of ketones is 1. The highest BCUT2D eigenvalue weighted by molar-refractivity contribution is 6.35. The summed E-state index contributed by atoms with van der Waals surface area (Å²) in [5.74, 6) is 0.762. The smallest absolute Gasteiger partial charge is 0.302 e. The quantitative estimate of drug-likeness (QED) is 0.260. The molecule has 0 saturated carbocycles. The van der Waals surface area contributed by atoms with Crippen molar-refractivity contribution in [1.82, 2.24) is 4.90 Å². The molecule has 1 atom stereocenters. The maximum Gasteiger partial charge on any atom is 0.302 e. The van der Waals surface area contributed by atoms with E-state index in [0.717, 1.165) is 51.7 Å². The SMILES string of the molecule is CCCC[C@@H](CN1CCC(COc2ccc(C(=O)c3ccc(Cl)cc3)c(Cl)c2)CC1)OC(C)=O. The summed E-state index contributed by atoms with van der Waals surface area (Å²) in [6, 6.07) is 12.0. The Balaban J connectivity index is 1.47. The van der Waals surface area contributed by atoms with E-state index in [-0.39, 0.29) is 17.9 Å². The number of esters is 1. The number of benzene rings is 2. The number of hydrogen-bond donors (Lipinski definition) is 0. The lowest BCUT2D eigenvalue weighted by Crippen LogP contribution is -2.41. The van der Waals surface area contributed by atoms with Crippen LogP contribution in [0.25, 0.3) is 0 Å². The van der Waals surface area contributed by atoms with Crippen molar-refractivity contribution in [3.8, 4) is 5.75 Å². The monoisotopic (exact) mass is 505 g/mol. The van der Waals surface area contributed by atoms with E-state index in [1.807, 2.05) is 0 Å². The van der Waals surface area contributed by atoms with Gasteiger partial charge in [-0.05, 0) is 87.2 Å². The number of carbonyl (C=O) groups excluding carboxylic acids is 2. The predicted molar refractivity (Wildman–Crippen MR) is 136 cm³/mol. The molecule has 34 heavy (non-hydrogen) atoms. The number of likely N-dealkylation sites (tertiary alicyclic amines) is 1. The molecule has 184 valence electrons. The first-order chi connectivity index (χ1) is 16.4. The van der Waals surface area contributed by atoms with Crippen LogP contribution in [0.15, 0.2) is 42.5 Å². The van der Waals surface area contributed by atoms with Gasteiger partial charge in [-0.3, -0.25) is 14.5 Å². The van der Waals surface area contributed by atoms with Crippen molar-refractivity contribution in [3.63, 3.8) is 0 Å². The van der Waals surface area contributed by atoms with E-state index in [9.17, 15) is 9.59 Å². The number of carbonyl (C=O) groups is 2. The largest absolute Gasteiger partial charge is 0.493 e. The number of unbranched alkanes of at least 4 members (excludes halogenated alkanes) is 1. The van der Waals surface area contributed by atoms with Crippen molar-refractivity contribution in [2.24, 2.45) is 5.92 Å². The third kappa shape index (κ3) is 8.00. The Bertz CT molecular complexity index is 956. The zero-order valence-corrected chi connectivity index (χ0v) is 21.4. The van der Waals surface area contributed by atoms with Gasteiger partial charge in [0.25, 0.3) is 0 Å². The van der Waals surface area contributed by atoms with Crippen LogP contribution in [-0.4, -0.2) is 49.0 Å². The minimum atomic E-state index is -0.205. The van der Waals surface area contributed by atoms with Gasteiger partial charge in [0.1, 0.15) is 11.9 Å². The van der Waals surface area contributed by atoms with Crippen LogP contribution in [0.5, 0.6) is 5.75 Å². The van der Waals surface area contributed by atoms with Crippen LogP contribution in [0.1, 0.15) is 61.9 Å². The fourth-order valence-electron chi connectivity index (χ4n) is 4.22. The van der Waals surface area contributed by atoms with Gasteiger partial charge in [0, 0.05) is 29.6 Å². The number of rotatable bonds is 11. The van der Waals surface area contributed by atoms with Gasteiger partial charge in [-0.2, -0.15) is 0 Å². The highest BCUT2D eigenvalue weighted by Gasteiger charge is 2.23. The molecule has 5 nitrogen and oxygen atoms in total. The molecule has 2 aromatic rings. The maximum atomic E-state index is 12.7. The van der Waals surface area contributed by atoms with E-state index in [4.69, 9.17) is 32.7 Å². The van der Waals surface area contributed by atoms with Gasteiger partial charge < -0.3 is 9.47 Å². The molecule has 7 heteroatoms. The molecule has 0 radical (unpaired) electrons. The summed E-state index contributed by atoms with van der Waals surface area (Å²) in [4.78, 5) is 26.5. The van der Waals surface area contributed by atoms with Crippen molar-refractivity contribution in [2.75, 3.05) is 26.2 Å². The Kier molecular flexibility index (Phi) is 10.2. The highest BCUT2D eigenvalue weighted by atomic mass is 35.5. The summed E-state index contributed by atoms with van der Waals surface area (Å²) in [5, 5.41) is 0.953. The van der Waals surface area contributed by atoms with Crippen LogP contribution >= 0.6 is 23.2 Å². The topological polar surface area (TPSA) is 55.8 Å². The second-order valence-corrected chi connectivity index (χ2v) is 9.75. The number of hydrogen-bond acceptors (Lipinski definition) is 5. The molecular formula is C27H33Cl2NO4. The molecule has 3 rings (SSSR count). The van der Waals surface area contributed by atoms with Crippen LogP contribution in [-0.2, 0) is 9.53 Å². The molecule has 1 aliphatic rings. The van der Waals surface area contributed by atoms with E-state index in [1.165, 1.54) is 6.92 Å². The third-order valence-corrected chi connectivity index (χ3v) is 6.72. The standard InChI is InChI=1S/C27H33Cl2NO4/c1-3-4-5-24(34-19(2)31)17-30-14-12-20(13-15-30)18-33-23-10-11-25(26(29)16-23)27(32)21-6-8-22(28)9-7-21/h6-11,16,20,24H,3-5,12-15,17-18H2,1-2H3/t24-/m0/s1. The number of piperidine rings is 1. The van der Waals surface area contributed by atoms with E-state index >= 15 is 0 Å². The zero-order chi connectivity index (χ0) is 24.5. The molecule has 0 spiro atoms. The molecule has 0 N–H and O–H groups in total. The first-order valence-corrected chi connectivity index (χ1v) is 12.7. The fourth-order valence-corrected chi connectivity index (χ4v) is 4.60. The van der Waals surface area contributed by atoms with Crippen molar-refractivity contribution in [2.45, 2.75) is 52.1 Å². The van der Waals surface area contributed by atoms with Crippen molar-refractivity contribution >= 4 is 35.0 Å². The lowest BCUT2D eigenvalue weighted by molar-refractivity contribution is -0.147. The molecule has 1 fully saturated rings. The molecule has 1 heterocycles. The first-order valence-electron chi connectivity index (χ1n) is 12.0. The first kappa shape index (κ1) is 26.5. The minimum Gasteiger partial charge on any atom is -0.493 e. The number of halogens is 2. The summed E-state index contributed by atoms with van der Waals surface area (Å²) in [6.45, 7) is 6.97. The average Bonchev–Trinajstić information content (AvgIpc) is 2.82. The molecular weight excluding hydrogens is 473 g/mol. The van der Waals surface area contributed by atoms with Crippen LogP contribution in [0.4, 0.5) is 0 Å². The minimum absolute atomic E-state index is 0.0264. The van der Waals surface area contributed by atoms with E-state index in [1.54, 1.807) is 42.5 Å². The Morgan fingerprint density at radius 2 is 1.79 bits per heavy atom. The summed E-state index contributed by atoms with van der Waals surface area (Å²) < 4.78 is 11.5. The second-order valence-electron chi connectivity index (χ2n) is 8.91.